The summed E-state index contributed by atoms with van der Waals surface area (Å²) in [6.45, 7) is 1.41. The van der Waals surface area contributed by atoms with Crippen molar-refractivity contribution >= 4 is 21.7 Å². The Morgan fingerprint density at radius 3 is 2.59 bits per heavy atom. The molecule has 1 aliphatic carbocycles. The van der Waals surface area contributed by atoms with E-state index in [-0.39, 0.29) is 28.6 Å². The second-order valence-corrected chi connectivity index (χ2v) is 8.55. The van der Waals surface area contributed by atoms with Crippen molar-refractivity contribution in [3.8, 4) is 0 Å². The van der Waals surface area contributed by atoms with Crippen LogP contribution in [0.4, 0.5) is 11.6 Å². The molecule has 0 unspecified atom stereocenters. The third-order valence-corrected chi connectivity index (χ3v) is 6.60. The molecule has 1 saturated carbocycles. The van der Waals surface area contributed by atoms with Gasteiger partial charge in [0.05, 0.1) is 16.4 Å². The Morgan fingerprint density at radius 2 is 2.00 bits per heavy atom. The number of non-ortho nitro benzene ring substituents is 1. The fraction of sp³-hybridized carbons (Fsp3) is 0.533. The normalized spacial score (nSPS) is 19.9. The number of nitrogens with zero attached hydrogens (tertiary/aromatic N) is 6. The van der Waals surface area contributed by atoms with Crippen LogP contribution in [-0.4, -0.2) is 52.2 Å². The number of nitrogens with one attached hydrogen (secondary N) is 1. The van der Waals surface area contributed by atoms with Crippen LogP contribution in [0.25, 0.3) is 0 Å². The van der Waals surface area contributed by atoms with Gasteiger partial charge < -0.3 is 5.32 Å². The average Bonchev–Trinajstić information content (AvgIpc) is 3.14. The molecule has 1 N–H and O–H groups in total. The highest BCUT2D eigenvalue weighted by atomic mass is 32.2. The molecule has 1 saturated heterocycles. The van der Waals surface area contributed by atoms with E-state index in [1.54, 1.807) is 0 Å². The first kappa shape index (κ1) is 17.8. The van der Waals surface area contributed by atoms with Crippen LogP contribution in [0, 0.1) is 10.1 Å². The molecular weight excluding hydrogens is 374 g/mol. The topological polar surface area (TPSA) is 136 Å². The lowest BCUT2D eigenvalue weighted by molar-refractivity contribution is -0.384. The van der Waals surface area contributed by atoms with Gasteiger partial charge in [-0.15, -0.1) is 0 Å². The maximum absolute atomic E-state index is 13.2. The first-order valence-corrected chi connectivity index (χ1v) is 10.2. The van der Waals surface area contributed by atoms with Crippen molar-refractivity contribution in [1.82, 2.24) is 25.5 Å². The number of rotatable bonds is 7. The second-order valence-electron chi connectivity index (χ2n) is 6.74. The lowest BCUT2D eigenvalue weighted by atomic mass is 10.2. The van der Waals surface area contributed by atoms with E-state index in [4.69, 9.17) is 0 Å². The van der Waals surface area contributed by atoms with E-state index in [1.807, 2.05) is 0 Å². The fourth-order valence-electron chi connectivity index (χ4n) is 3.23. The molecule has 2 aromatic rings. The van der Waals surface area contributed by atoms with Gasteiger partial charge in [0.25, 0.3) is 21.7 Å². The Bertz CT molecular complexity index is 933. The SMILES string of the molecule is O=[N+]([O-])c1ccc(S(=O)(=O)N(c2nnnn2C[C@@H]2CCCN2)C2CC2)cc1. The Morgan fingerprint density at radius 1 is 1.26 bits per heavy atom. The molecule has 0 bridgehead atoms. The van der Waals surface area contributed by atoms with Gasteiger partial charge in [-0.05, 0) is 54.8 Å². The van der Waals surface area contributed by atoms with Crippen molar-refractivity contribution < 1.29 is 13.3 Å². The first-order valence-electron chi connectivity index (χ1n) is 8.75. The first-order chi connectivity index (χ1) is 13.0. The molecule has 2 heterocycles. The summed E-state index contributed by atoms with van der Waals surface area (Å²) in [5.41, 5.74) is -0.163. The molecule has 1 aromatic heterocycles. The molecule has 2 fully saturated rings. The molecule has 2 aliphatic rings. The van der Waals surface area contributed by atoms with Gasteiger partial charge in [0.2, 0.25) is 0 Å². The van der Waals surface area contributed by atoms with Crippen molar-refractivity contribution in [1.29, 1.82) is 0 Å². The minimum absolute atomic E-state index is 0.0199. The van der Waals surface area contributed by atoms with Gasteiger partial charge in [0.15, 0.2) is 0 Å². The quantitative estimate of drug-likeness (QED) is 0.536. The number of hydrogen-bond acceptors (Lipinski definition) is 8. The molecule has 1 aromatic carbocycles. The van der Waals surface area contributed by atoms with E-state index >= 15 is 0 Å². The summed E-state index contributed by atoms with van der Waals surface area (Å²) in [4.78, 5) is 10.2. The highest BCUT2D eigenvalue weighted by Gasteiger charge is 2.41. The van der Waals surface area contributed by atoms with Gasteiger partial charge in [-0.2, -0.15) is 0 Å². The molecule has 0 spiro atoms. The number of benzene rings is 1. The maximum atomic E-state index is 13.2. The van der Waals surface area contributed by atoms with E-state index in [2.05, 4.69) is 20.8 Å². The van der Waals surface area contributed by atoms with Crippen LogP contribution in [-0.2, 0) is 16.6 Å². The van der Waals surface area contributed by atoms with Crippen molar-refractivity contribution in [2.24, 2.45) is 0 Å². The number of anilines is 1. The third kappa shape index (κ3) is 3.49. The van der Waals surface area contributed by atoms with Crippen molar-refractivity contribution in [2.45, 2.75) is 49.2 Å². The predicted octanol–water partition coefficient (Wildman–Crippen LogP) is 0.691. The molecular formula is C15H19N7O4S. The van der Waals surface area contributed by atoms with Crippen LogP contribution < -0.4 is 9.62 Å². The highest BCUT2D eigenvalue weighted by molar-refractivity contribution is 7.92. The Hall–Kier alpha value is -2.60. The summed E-state index contributed by atoms with van der Waals surface area (Å²) in [6, 6.07) is 4.86. The molecule has 0 radical (unpaired) electrons. The lowest BCUT2D eigenvalue weighted by Crippen LogP contribution is -2.37. The molecule has 1 aliphatic heterocycles. The van der Waals surface area contributed by atoms with Crippen LogP contribution in [0.2, 0.25) is 0 Å². The maximum Gasteiger partial charge on any atom is 0.269 e. The van der Waals surface area contributed by atoms with Gasteiger partial charge in [0.1, 0.15) is 0 Å². The standard InChI is InChI=1S/C15H19N7O4S/c23-22(24)13-5-7-14(8-6-13)27(25,26)21(12-3-4-12)15-17-18-19-20(15)10-11-2-1-9-16-11/h5-8,11-12,16H,1-4,9-10H2/t11-/m0/s1. The Balaban J connectivity index is 1.66. The smallest absolute Gasteiger partial charge is 0.269 e. The summed E-state index contributed by atoms with van der Waals surface area (Å²) in [5, 5.41) is 25.8. The Labute approximate surface area is 155 Å². The molecule has 12 heteroatoms. The number of hydrogen-bond donors (Lipinski definition) is 1. The fourth-order valence-corrected chi connectivity index (χ4v) is 4.88. The minimum Gasteiger partial charge on any atom is -0.312 e. The van der Waals surface area contributed by atoms with Crippen LogP contribution in [0.1, 0.15) is 25.7 Å². The van der Waals surface area contributed by atoms with E-state index < -0.39 is 14.9 Å². The van der Waals surface area contributed by atoms with E-state index in [1.165, 1.54) is 33.3 Å². The summed E-state index contributed by atoms with van der Waals surface area (Å²) in [5.74, 6) is 0.185. The number of nitro benzene ring substituents is 1. The molecule has 0 amide bonds. The largest absolute Gasteiger partial charge is 0.312 e. The summed E-state index contributed by atoms with van der Waals surface area (Å²) in [7, 11) is -3.93. The average molecular weight is 393 g/mol. The van der Waals surface area contributed by atoms with Crippen molar-refractivity contribution in [3.63, 3.8) is 0 Å². The number of nitro groups is 1. The second kappa shape index (κ2) is 6.85. The van der Waals surface area contributed by atoms with Crippen LogP contribution in [0.5, 0.6) is 0 Å². The van der Waals surface area contributed by atoms with Gasteiger partial charge in [0, 0.05) is 24.2 Å². The van der Waals surface area contributed by atoms with E-state index in [9.17, 15) is 18.5 Å². The van der Waals surface area contributed by atoms with E-state index in [0.29, 0.717) is 6.54 Å². The van der Waals surface area contributed by atoms with Gasteiger partial charge >= 0.3 is 0 Å². The molecule has 11 nitrogen and oxygen atoms in total. The number of tetrazole rings is 1. The van der Waals surface area contributed by atoms with Gasteiger partial charge in [-0.3, -0.25) is 10.1 Å². The molecule has 27 heavy (non-hydrogen) atoms. The summed E-state index contributed by atoms with van der Waals surface area (Å²) < 4.78 is 29.2. The zero-order valence-corrected chi connectivity index (χ0v) is 15.2. The monoisotopic (exact) mass is 393 g/mol. The van der Waals surface area contributed by atoms with Gasteiger partial charge in [-0.1, -0.05) is 5.10 Å². The zero-order chi connectivity index (χ0) is 19.0. The summed E-state index contributed by atoms with van der Waals surface area (Å²) in [6.07, 6.45) is 3.49. The molecule has 144 valence electrons. The summed E-state index contributed by atoms with van der Waals surface area (Å²) >= 11 is 0. The lowest BCUT2D eigenvalue weighted by Gasteiger charge is -2.23. The molecule has 4 rings (SSSR count). The number of sulfonamides is 1. The predicted molar refractivity (Wildman–Crippen MR) is 94.6 cm³/mol. The van der Waals surface area contributed by atoms with Crippen molar-refractivity contribution in [3.05, 3.63) is 34.4 Å². The van der Waals surface area contributed by atoms with Crippen LogP contribution in [0.15, 0.2) is 29.2 Å². The number of aromatic nitrogens is 4. The highest BCUT2D eigenvalue weighted by Crippen LogP contribution is 2.35. The van der Waals surface area contributed by atoms with Gasteiger partial charge in [-0.25, -0.2) is 17.4 Å². The molecule has 1 atom stereocenters. The Kier molecular flexibility index (Phi) is 4.52. The zero-order valence-electron chi connectivity index (χ0n) is 14.4. The van der Waals surface area contributed by atoms with Crippen LogP contribution >= 0.6 is 0 Å². The van der Waals surface area contributed by atoms with Crippen LogP contribution in [0.3, 0.4) is 0 Å². The van der Waals surface area contributed by atoms with E-state index in [0.717, 1.165) is 32.2 Å². The van der Waals surface area contributed by atoms with Crippen molar-refractivity contribution in [2.75, 3.05) is 10.8 Å². The third-order valence-electron chi connectivity index (χ3n) is 4.75. The minimum atomic E-state index is -3.93.